The first-order chi connectivity index (χ1) is 15.8. The van der Waals surface area contributed by atoms with Gasteiger partial charge in [-0.05, 0) is 46.7 Å². The summed E-state index contributed by atoms with van der Waals surface area (Å²) in [5.74, 6) is -2.55. The van der Waals surface area contributed by atoms with E-state index < -0.39 is 40.9 Å². The number of nitrogens with one attached hydrogen (secondary N) is 1. The second-order valence-corrected chi connectivity index (χ2v) is 8.90. The summed E-state index contributed by atoms with van der Waals surface area (Å²) in [7, 11) is 0. The molecule has 0 bridgehead atoms. The van der Waals surface area contributed by atoms with E-state index in [0.717, 1.165) is 12.1 Å². The highest BCUT2D eigenvalue weighted by Gasteiger charge is 2.34. The van der Waals surface area contributed by atoms with Gasteiger partial charge >= 0.3 is 12.1 Å². The van der Waals surface area contributed by atoms with E-state index in [1.54, 1.807) is 26.8 Å². The standard InChI is InChI=1S/C25H23F4NO4/c1-24(2,3)21(23(32)33)30-22(31)18-11-7-15-6-10-17(26)12-19(15)20(18)34-13-14-4-8-16(9-5-14)25(27,28)29/h4-12,21H,13H2,1-3H3,(H,30,31)(H,32,33)/t21-/m1/s1. The number of hydrogen-bond acceptors (Lipinski definition) is 3. The van der Waals surface area contributed by atoms with Gasteiger partial charge in [-0.3, -0.25) is 4.79 Å². The van der Waals surface area contributed by atoms with Crippen LogP contribution in [0.2, 0.25) is 0 Å². The topological polar surface area (TPSA) is 75.6 Å². The zero-order chi connectivity index (χ0) is 25.3. The number of ether oxygens (including phenoxy) is 1. The van der Waals surface area contributed by atoms with Gasteiger partial charge in [0.2, 0.25) is 0 Å². The van der Waals surface area contributed by atoms with Crippen molar-refractivity contribution in [3.8, 4) is 5.75 Å². The van der Waals surface area contributed by atoms with Crippen molar-refractivity contribution in [3.05, 3.63) is 77.1 Å². The molecule has 180 valence electrons. The van der Waals surface area contributed by atoms with Crippen LogP contribution in [0.1, 0.15) is 42.3 Å². The minimum atomic E-state index is -4.48. The first kappa shape index (κ1) is 25.0. The van der Waals surface area contributed by atoms with Crippen LogP contribution in [-0.2, 0) is 17.6 Å². The number of carboxylic acids is 1. The van der Waals surface area contributed by atoms with Crippen molar-refractivity contribution in [2.75, 3.05) is 0 Å². The van der Waals surface area contributed by atoms with Crippen molar-refractivity contribution in [1.82, 2.24) is 5.32 Å². The van der Waals surface area contributed by atoms with E-state index in [2.05, 4.69) is 5.32 Å². The van der Waals surface area contributed by atoms with Gasteiger partial charge in [0.1, 0.15) is 24.2 Å². The Labute approximate surface area is 193 Å². The molecule has 3 aromatic carbocycles. The van der Waals surface area contributed by atoms with Crippen molar-refractivity contribution in [2.45, 2.75) is 39.6 Å². The predicted octanol–water partition coefficient (Wildman–Crippen LogP) is 5.81. The van der Waals surface area contributed by atoms with Crippen molar-refractivity contribution >= 4 is 22.6 Å². The fraction of sp³-hybridized carbons (Fsp3) is 0.280. The van der Waals surface area contributed by atoms with Gasteiger partial charge in [-0.15, -0.1) is 0 Å². The molecule has 0 spiro atoms. The summed E-state index contributed by atoms with van der Waals surface area (Å²) in [5, 5.41) is 12.8. The second kappa shape index (κ2) is 9.32. The Morgan fingerprint density at radius 1 is 1.00 bits per heavy atom. The Hall–Kier alpha value is -3.62. The average Bonchev–Trinajstić information content (AvgIpc) is 2.74. The lowest BCUT2D eigenvalue weighted by molar-refractivity contribution is -0.142. The number of fused-ring (bicyclic) bond motifs is 1. The van der Waals surface area contributed by atoms with Crippen LogP contribution in [0.25, 0.3) is 10.8 Å². The van der Waals surface area contributed by atoms with Gasteiger partial charge in [-0.25, -0.2) is 9.18 Å². The summed E-state index contributed by atoms with van der Waals surface area (Å²) in [6.07, 6.45) is -4.48. The molecule has 5 nitrogen and oxygen atoms in total. The summed E-state index contributed by atoms with van der Waals surface area (Å²) in [4.78, 5) is 24.7. The molecule has 2 N–H and O–H groups in total. The number of hydrogen-bond donors (Lipinski definition) is 2. The maximum absolute atomic E-state index is 14.0. The zero-order valence-electron chi connectivity index (χ0n) is 18.7. The summed E-state index contributed by atoms with van der Waals surface area (Å²) in [5.41, 5.74) is -1.25. The molecule has 0 unspecified atom stereocenters. The van der Waals surface area contributed by atoms with E-state index in [-0.39, 0.29) is 23.3 Å². The van der Waals surface area contributed by atoms with E-state index in [0.29, 0.717) is 10.9 Å². The summed E-state index contributed by atoms with van der Waals surface area (Å²) >= 11 is 0. The normalized spacial score (nSPS) is 12.9. The average molecular weight is 477 g/mol. The summed E-state index contributed by atoms with van der Waals surface area (Å²) in [6, 6.07) is 10.0. The second-order valence-electron chi connectivity index (χ2n) is 8.90. The fourth-order valence-electron chi connectivity index (χ4n) is 3.40. The zero-order valence-corrected chi connectivity index (χ0v) is 18.7. The van der Waals surface area contributed by atoms with Crippen LogP contribution in [0, 0.1) is 11.2 Å². The van der Waals surface area contributed by atoms with Crippen molar-refractivity contribution in [3.63, 3.8) is 0 Å². The first-order valence-electron chi connectivity index (χ1n) is 10.3. The lowest BCUT2D eigenvalue weighted by Crippen LogP contribution is -2.49. The van der Waals surface area contributed by atoms with E-state index in [1.807, 2.05) is 0 Å². The fourth-order valence-corrected chi connectivity index (χ4v) is 3.40. The smallest absolute Gasteiger partial charge is 0.416 e. The molecule has 0 aromatic heterocycles. The number of rotatable bonds is 6. The number of benzene rings is 3. The molecule has 34 heavy (non-hydrogen) atoms. The quantitative estimate of drug-likeness (QED) is 0.440. The van der Waals surface area contributed by atoms with Crippen LogP contribution in [-0.4, -0.2) is 23.0 Å². The Morgan fingerprint density at radius 3 is 2.18 bits per heavy atom. The molecule has 3 aromatic rings. The molecule has 0 saturated carbocycles. The van der Waals surface area contributed by atoms with E-state index >= 15 is 0 Å². The van der Waals surface area contributed by atoms with Gasteiger partial charge in [-0.1, -0.05) is 45.0 Å². The number of halogens is 4. The van der Waals surface area contributed by atoms with Gasteiger partial charge in [0.25, 0.3) is 5.91 Å². The van der Waals surface area contributed by atoms with Crippen LogP contribution in [0.4, 0.5) is 17.6 Å². The molecular formula is C25H23F4NO4. The molecule has 9 heteroatoms. The number of carbonyl (C=O) groups excluding carboxylic acids is 1. The van der Waals surface area contributed by atoms with E-state index in [1.165, 1.54) is 36.4 Å². The minimum absolute atomic E-state index is 0.00699. The molecule has 0 radical (unpaired) electrons. The Balaban J connectivity index is 1.98. The van der Waals surface area contributed by atoms with Gasteiger partial charge < -0.3 is 15.2 Å². The van der Waals surface area contributed by atoms with Gasteiger partial charge in [0, 0.05) is 5.39 Å². The Bertz CT molecular complexity index is 1210. The number of carbonyl (C=O) groups is 2. The molecule has 3 rings (SSSR count). The monoisotopic (exact) mass is 477 g/mol. The number of aliphatic carboxylic acids is 1. The predicted molar refractivity (Wildman–Crippen MR) is 118 cm³/mol. The highest BCUT2D eigenvalue weighted by Crippen LogP contribution is 2.33. The molecule has 0 aliphatic heterocycles. The van der Waals surface area contributed by atoms with Crippen LogP contribution in [0.3, 0.4) is 0 Å². The SMILES string of the molecule is CC(C)(C)[C@H](NC(=O)c1ccc2ccc(F)cc2c1OCc1ccc(C(F)(F)F)cc1)C(=O)O. The molecule has 0 heterocycles. The minimum Gasteiger partial charge on any atom is -0.487 e. The molecule has 0 aliphatic rings. The summed E-state index contributed by atoms with van der Waals surface area (Å²) in [6.45, 7) is 4.77. The summed E-state index contributed by atoms with van der Waals surface area (Å²) < 4.78 is 58.3. The molecule has 1 atom stereocenters. The van der Waals surface area contributed by atoms with Crippen LogP contribution < -0.4 is 10.1 Å². The molecule has 0 aliphatic carbocycles. The third kappa shape index (κ3) is 5.65. The Kier molecular flexibility index (Phi) is 6.86. The lowest BCUT2D eigenvalue weighted by atomic mass is 9.86. The van der Waals surface area contributed by atoms with E-state index in [9.17, 15) is 32.3 Å². The third-order valence-corrected chi connectivity index (χ3v) is 5.23. The molecular weight excluding hydrogens is 454 g/mol. The highest BCUT2D eigenvalue weighted by atomic mass is 19.4. The number of alkyl halides is 3. The lowest BCUT2D eigenvalue weighted by Gasteiger charge is -2.28. The van der Waals surface area contributed by atoms with Crippen LogP contribution in [0.15, 0.2) is 54.6 Å². The Morgan fingerprint density at radius 2 is 1.62 bits per heavy atom. The van der Waals surface area contributed by atoms with Crippen molar-refractivity contribution in [1.29, 1.82) is 0 Å². The van der Waals surface area contributed by atoms with Gasteiger partial charge in [-0.2, -0.15) is 13.2 Å². The molecule has 0 saturated heterocycles. The number of carboxylic acid groups (broad SMARTS) is 1. The van der Waals surface area contributed by atoms with Crippen molar-refractivity contribution in [2.24, 2.45) is 5.41 Å². The molecule has 1 amide bonds. The molecule has 0 fully saturated rings. The maximum atomic E-state index is 14.0. The van der Waals surface area contributed by atoms with Crippen molar-refractivity contribution < 1.29 is 37.0 Å². The van der Waals surface area contributed by atoms with Crippen LogP contribution >= 0.6 is 0 Å². The van der Waals surface area contributed by atoms with E-state index in [4.69, 9.17) is 4.74 Å². The first-order valence-corrected chi connectivity index (χ1v) is 10.3. The van der Waals surface area contributed by atoms with Crippen LogP contribution in [0.5, 0.6) is 5.75 Å². The maximum Gasteiger partial charge on any atom is 0.416 e. The largest absolute Gasteiger partial charge is 0.487 e. The third-order valence-electron chi connectivity index (χ3n) is 5.23. The van der Waals surface area contributed by atoms with Gasteiger partial charge in [0.05, 0.1) is 11.1 Å². The number of amides is 1. The van der Waals surface area contributed by atoms with Gasteiger partial charge in [0.15, 0.2) is 0 Å². The highest BCUT2D eigenvalue weighted by molar-refractivity contribution is 6.05.